The number of cyclic esters (lactones) is 1. The Bertz CT molecular complexity index is 715. The highest BCUT2D eigenvalue weighted by Crippen LogP contribution is 2.37. The lowest BCUT2D eigenvalue weighted by Crippen LogP contribution is -2.36. The first-order valence-corrected chi connectivity index (χ1v) is 8.60. The van der Waals surface area contributed by atoms with Gasteiger partial charge in [0.1, 0.15) is 11.8 Å². The fraction of sp³-hybridized carbons (Fsp3) is 0.412. The van der Waals surface area contributed by atoms with E-state index in [9.17, 15) is 9.59 Å². The minimum Gasteiger partial charge on any atom is -0.497 e. The molecule has 0 spiro atoms. The van der Waals surface area contributed by atoms with Crippen molar-refractivity contribution in [3.63, 3.8) is 0 Å². The molecule has 134 valence electrons. The van der Waals surface area contributed by atoms with Crippen molar-refractivity contribution in [3.05, 3.63) is 45.6 Å². The van der Waals surface area contributed by atoms with Gasteiger partial charge in [0.05, 0.1) is 13.2 Å². The lowest BCUT2D eigenvalue weighted by Gasteiger charge is -2.26. The Balaban J connectivity index is 1.93. The van der Waals surface area contributed by atoms with Crippen LogP contribution in [-0.2, 0) is 23.8 Å². The zero-order chi connectivity index (χ0) is 18.0. The number of ether oxygens (including phenoxy) is 3. The van der Waals surface area contributed by atoms with Gasteiger partial charge in [-0.3, -0.25) is 4.79 Å². The molecule has 0 amide bonds. The Morgan fingerprint density at radius 3 is 2.88 bits per heavy atom. The second kappa shape index (κ2) is 7.64. The van der Waals surface area contributed by atoms with Crippen LogP contribution in [-0.4, -0.2) is 37.7 Å². The number of methoxy groups -OCH3 is 1. The quantitative estimate of drug-likeness (QED) is 0.785. The Kier molecular flexibility index (Phi) is 5.51. The van der Waals surface area contributed by atoms with Gasteiger partial charge in [0.25, 0.3) is 0 Å². The number of nitrogens with one attached hydrogen (secondary N) is 1. The maximum absolute atomic E-state index is 12.5. The van der Waals surface area contributed by atoms with Crippen LogP contribution in [0.3, 0.4) is 0 Å². The smallest absolute Gasteiger partial charge is 0.335 e. The second-order valence-electron chi connectivity index (χ2n) is 5.78. The van der Waals surface area contributed by atoms with E-state index < -0.39 is 30.2 Å². The fourth-order valence-corrected chi connectivity index (χ4v) is 3.32. The van der Waals surface area contributed by atoms with Crippen molar-refractivity contribution in [2.75, 3.05) is 13.7 Å². The van der Waals surface area contributed by atoms with E-state index in [-0.39, 0.29) is 5.76 Å². The molecule has 0 bridgehead atoms. The zero-order valence-electron chi connectivity index (χ0n) is 13.5. The van der Waals surface area contributed by atoms with Crippen molar-refractivity contribution in [3.8, 4) is 0 Å². The summed E-state index contributed by atoms with van der Waals surface area (Å²) in [5.41, 5.74) is 0.447. The molecule has 1 aromatic carbocycles. The molecule has 0 aromatic heterocycles. The van der Waals surface area contributed by atoms with Crippen LogP contribution in [0.1, 0.15) is 24.5 Å². The average molecular weight is 386 g/mol. The van der Waals surface area contributed by atoms with E-state index in [1.165, 1.54) is 13.2 Å². The zero-order valence-corrected chi connectivity index (χ0v) is 15.0. The standard InChI is InChI=1S/C17H17Cl2NO5/c1-23-13-8-14(21)24-16(13)15(10-7-9(18)4-5-11(10)19)25-17(22)12-3-2-6-20-12/h4-5,7-8,12,15-16,20H,2-3,6H2,1H3/t12-,15?,16?/m0/s1. The molecule has 2 unspecified atom stereocenters. The lowest BCUT2D eigenvalue weighted by atomic mass is 10.0. The molecule has 3 atom stereocenters. The first-order valence-electron chi connectivity index (χ1n) is 7.84. The molecule has 0 saturated carbocycles. The van der Waals surface area contributed by atoms with E-state index in [1.807, 2.05) is 0 Å². The van der Waals surface area contributed by atoms with E-state index in [2.05, 4.69) is 5.32 Å². The Labute approximate surface area is 155 Å². The van der Waals surface area contributed by atoms with Gasteiger partial charge in [-0.15, -0.1) is 0 Å². The number of hydrogen-bond acceptors (Lipinski definition) is 6. The molecule has 2 heterocycles. The third-order valence-electron chi connectivity index (χ3n) is 4.15. The third kappa shape index (κ3) is 3.92. The van der Waals surface area contributed by atoms with Gasteiger partial charge in [-0.2, -0.15) is 0 Å². The van der Waals surface area contributed by atoms with E-state index in [1.54, 1.807) is 18.2 Å². The van der Waals surface area contributed by atoms with Gasteiger partial charge >= 0.3 is 11.9 Å². The summed E-state index contributed by atoms with van der Waals surface area (Å²) in [7, 11) is 1.41. The van der Waals surface area contributed by atoms with Crippen molar-refractivity contribution in [1.82, 2.24) is 5.32 Å². The number of rotatable bonds is 5. The number of carbonyl (C=O) groups excluding carboxylic acids is 2. The van der Waals surface area contributed by atoms with Crippen LogP contribution in [0.25, 0.3) is 0 Å². The first-order chi connectivity index (χ1) is 12.0. The van der Waals surface area contributed by atoms with Crippen molar-refractivity contribution in [2.45, 2.75) is 31.1 Å². The molecule has 0 radical (unpaired) electrons. The number of hydrogen-bond donors (Lipinski definition) is 1. The maximum atomic E-state index is 12.5. The molecule has 1 fully saturated rings. The summed E-state index contributed by atoms with van der Waals surface area (Å²) in [6.45, 7) is 0.754. The van der Waals surface area contributed by atoms with E-state index in [0.717, 1.165) is 13.0 Å². The predicted molar refractivity (Wildman–Crippen MR) is 91.3 cm³/mol. The number of esters is 2. The summed E-state index contributed by atoms with van der Waals surface area (Å²) in [6.07, 6.45) is 0.922. The van der Waals surface area contributed by atoms with Crippen molar-refractivity contribution >= 4 is 35.1 Å². The van der Waals surface area contributed by atoms with Gasteiger partial charge in [0, 0.05) is 15.6 Å². The largest absolute Gasteiger partial charge is 0.497 e. The average Bonchev–Trinajstić information content (AvgIpc) is 3.24. The highest BCUT2D eigenvalue weighted by molar-refractivity contribution is 6.33. The topological polar surface area (TPSA) is 73.9 Å². The van der Waals surface area contributed by atoms with Gasteiger partial charge in [0.15, 0.2) is 12.2 Å². The van der Waals surface area contributed by atoms with Gasteiger partial charge in [-0.05, 0) is 37.6 Å². The van der Waals surface area contributed by atoms with Crippen LogP contribution in [0.4, 0.5) is 0 Å². The summed E-state index contributed by atoms with van der Waals surface area (Å²) in [5, 5.41) is 3.85. The number of carbonyl (C=O) groups is 2. The van der Waals surface area contributed by atoms with Crippen molar-refractivity contribution < 1.29 is 23.8 Å². The van der Waals surface area contributed by atoms with Crippen LogP contribution in [0, 0.1) is 0 Å². The molecular weight excluding hydrogens is 369 g/mol. The summed E-state index contributed by atoms with van der Waals surface area (Å²) in [5.74, 6) is -0.741. The summed E-state index contributed by atoms with van der Waals surface area (Å²) in [6, 6.07) is 4.41. The molecule has 2 aliphatic rings. The summed E-state index contributed by atoms with van der Waals surface area (Å²) < 4.78 is 16.2. The molecule has 3 rings (SSSR count). The molecular formula is C17H17Cl2NO5. The Hall–Kier alpha value is -1.76. The van der Waals surface area contributed by atoms with Gasteiger partial charge in [-0.25, -0.2) is 4.79 Å². The molecule has 25 heavy (non-hydrogen) atoms. The minimum atomic E-state index is -0.959. The van der Waals surface area contributed by atoms with E-state index in [0.29, 0.717) is 22.0 Å². The monoisotopic (exact) mass is 385 g/mol. The highest BCUT2D eigenvalue weighted by Gasteiger charge is 2.40. The minimum absolute atomic E-state index is 0.262. The number of halogens is 2. The van der Waals surface area contributed by atoms with Crippen LogP contribution >= 0.6 is 23.2 Å². The summed E-state index contributed by atoms with van der Waals surface area (Å²) >= 11 is 12.3. The Morgan fingerprint density at radius 2 is 2.20 bits per heavy atom. The molecule has 1 aromatic rings. The van der Waals surface area contributed by atoms with Gasteiger partial charge in [0.2, 0.25) is 0 Å². The first kappa shape index (κ1) is 18.0. The van der Waals surface area contributed by atoms with Gasteiger partial charge < -0.3 is 19.5 Å². The maximum Gasteiger partial charge on any atom is 0.335 e. The Morgan fingerprint density at radius 1 is 1.40 bits per heavy atom. The third-order valence-corrected chi connectivity index (χ3v) is 4.73. The molecule has 8 heteroatoms. The summed E-state index contributed by atoms with van der Waals surface area (Å²) in [4.78, 5) is 24.2. The van der Waals surface area contributed by atoms with Crippen LogP contribution in [0.15, 0.2) is 30.0 Å². The van der Waals surface area contributed by atoms with E-state index in [4.69, 9.17) is 37.4 Å². The normalized spacial score (nSPS) is 23.8. The predicted octanol–water partition coefficient (Wildman–Crippen LogP) is 2.79. The molecule has 1 saturated heterocycles. The van der Waals surface area contributed by atoms with Crippen molar-refractivity contribution in [1.29, 1.82) is 0 Å². The highest BCUT2D eigenvalue weighted by atomic mass is 35.5. The van der Waals surface area contributed by atoms with Crippen LogP contribution < -0.4 is 5.32 Å². The second-order valence-corrected chi connectivity index (χ2v) is 6.62. The number of benzene rings is 1. The van der Waals surface area contributed by atoms with Crippen LogP contribution in [0.2, 0.25) is 10.0 Å². The lowest BCUT2D eigenvalue weighted by molar-refractivity contribution is -0.164. The van der Waals surface area contributed by atoms with Crippen LogP contribution in [0.5, 0.6) is 0 Å². The van der Waals surface area contributed by atoms with E-state index >= 15 is 0 Å². The molecule has 6 nitrogen and oxygen atoms in total. The van der Waals surface area contributed by atoms with Gasteiger partial charge in [-0.1, -0.05) is 23.2 Å². The molecule has 2 aliphatic heterocycles. The SMILES string of the molecule is COC1=CC(=O)OC1C(OC(=O)[C@@H]1CCCN1)c1cc(Cl)ccc1Cl. The van der Waals surface area contributed by atoms with Crippen molar-refractivity contribution in [2.24, 2.45) is 0 Å². The molecule has 0 aliphatic carbocycles. The fourth-order valence-electron chi connectivity index (χ4n) is 2.92. The molecule has 1 N–H and O–H groups in total.